The van der Waals surface area contributed by atoms with Gasteiger partial charge in [0, 0.05) is 6.42 Å². The average molecular weight is 210 g/mol. The maximum atomic E-state index is 10.5. The molecule has 0 aliphatic rings. The number of rotatable bonds is 4. The summed E-state index contributed by atoms with van der Waals surface area (Å²) < 4.78 is 0. The highest BCUT2D eigenvalue weighted by Gasteiger charge is 2.14. The summed E-state index contributed by atoms with van der Waals surface area (Å²) in [5.41, 5.74) is 5.05. The van der Waals surface area contributed by atoms with Crippen molar-refractivity contribution in [2.75, 3.05) is 5.33 Å². The number of nitrogens with two attached hydrogens (primary N) is 1. The number of carbonyl (C=O) groups is 2. The smallest absolute Gasteiger partial charge is 0.320 e. The molecule has 0 aromatic rings. The summed E-state index contributed by atoms with van der Waals surface area (Å²) in [6, 6.07) is -1.06. The highest BCUT2D eigenvalue weighted by atomic mass is 79.9. The molecule has 0 aliphatic heterocycles. The van der Waals surface area contributed by atoms with Gasteiger partial charge in [0.25, 0.3) is 0 Å². The van der Waals surface area contributed by atoms with E-state index in [-0.39, 0.29) is 17.5 Å². The number of ketones is 1. The molecule has 0 aliphatic carbocycles. The number of carboxylic acids is 1. The van der Waals surface area contributed by atoms with E-state index in [1.165, 1.54) is 0 Å². The summed E-state index contributed by atoms with van der Waals surface area (Å²) in [6.45, 7) is 0. The number of carboxylic acid groups (broad SMARTS) is 1. The van der Waals surface area contributed by atoms with E-state index in [2.05, 4.69) is 15.9 Å². The van der Waals surface area contributed by atoms with E-state index in [9.17, 15) is 9.59 Å². The van der Waals surface area contributed by atoms with Gasteiger partial charge in [-0.2, -0.15) is 0 Å². The minimum atomic E-state index is -1.14. The molecular formula is C5H8BrNO3. The zero-order chi connectivity index (χ0) is 8.15. The van der Waals surface area contributed by atoms with Gasteiger partial charge in [-0.15, -0.1) is 0 Å². The Balaban J connectivity index is 3.68. The molecule has 5 heteroatoms. The van der Waals surface area contributed by atoms with E-state index < -0.39 is 12.0 Å². The Morgan fingerprint density at radius 1 is 1.60 bits per heavy atom. The van der Waals surface area contributed by atoms with Gasteiger partial charge in [0.05, 0.1) is 5.33 Å². The van der Waals surface area contributed by atoms with Gasteiger partial charge in [-0.25, -0.2) is 0 Å². The second-order valence-electron chi connectivity index (χ2n) is 1.82. The van der Waals surface area contributed by atoms with Crippen molar-refractivity contribution >= 4 is 27.7 Å². The van der Waals surface area contributed by atoms with Crippen molar-refractivity contribution in [3.05, 3.63) is 0 Å². The molecule has 0 spiro atoms. The molecule has 0 amide bonds. The van der Waals surface area contributed by atoms with Crippen LogP contribution in [0.15, 0.2) is 0 Å². The van der Waals surface area contributed by atoms with Crippen LogP contribution < -0.4 is 5.73 Å². The fraction of sp³-hybridized carbons (Fsp3) is 0.600. The van der Waals surface area contributed by atoms with Crippen molar-refractivity contribution in [3.8, 4) is 0 Å². The highest BCUT2D eigenvalue weighted by Crippen LogP contribution is 1.93. The zero-order valence-electron chi connectivity index (χ0n) is 5.21. The first-order valence-corrected chi connectivity index (χ1v) is 3.76. The fourth-order valence-corrected chi connectivity index (χ4v) is 0.616. The third kappa shape index (κ3) is 3.58. The van der Waals surface area contributed by atoms with Crippen molar-refractivity contribution in [2.24, 2.45) is 5.73 Å². The van der Waals surface area contributed by atoms with E-state index >= 15 is 0 Å². The summed E-state index contributed by atoms with van der Waals surface area (Å²) in [7, 11) is 0. The minimum Gasteiger partial charge on any atom is -0.480 e. The molecule has 4 nitrogen and oxygen atoms in total. The lowest BCUT2D eigenvalue weighted by Crippen LogP contribution is -2.32. The van der Waals surface area contributed by atoms with Crippen LogP contribution in [0.2, 0.25) is 0 Å². The lowest BCUT2D eigenvalue weighted by atomic mass is 10.2. The Morgan fingerprint density at radius 2 is 2.10 bits per heavy atom. The van der Waals surface area contributed by atoms with Gasteiger partial charge in [0.1, 0.15) is 11.8 Å². The molecule has 0 rings (SSSR count). The van der Waals surface area contributed by atoms with Gasteiger partial charge in [-0.3, -0.25) is 9.59 Å². The lowest BCUT2D eigenvalue weighted by Gasteiger charge is -2.01. The first kappa shape index (κ1) is 9.58. The summed E-state index contributed by atoms with van der Waals surface area (Å²) in [5, 5.41) is 8.39. The summed E-state index contributed by atoms with van der Waals surface area (Å²) in [6.07, 6.45) is -0.111. The third-order valence-corrected chi connectivity index (χ3v) is 1.54. The van der Waals surface area contributed by atoms with E-state index in [0.717, 1.165) is 0 Å². The SMILES string of the molecule is NC(CC(=O)CBr)C(=O)O. The third-order valence-electron chi connectivity index (χ3n) is 0.914. The average Bonchev–Trinajstić information content (AvgIpc) is 1.87. The molecule has 0 bridgehead atoms. The predicted octanol–water partition coefficient (Wildman–Crippen LogP) is -0.248. The molecular weight excluding hydrogens is 202 g/mol. The zero-order valence-corrected chi connectivity index (χ0v) is 6.80. The normalized spacial score (nSPS) is 12.6. The minimum absolute atomic E-state index is 0.111. The molecule has 10 heavy (non-hydrogen) atoms. The molecule has 0 saturated heterocycles. The van der Waals surface area contributed by atoms with Gasteiger partial charge in [-0.1, -0.05) is 15.9 Å². The van der Waals surface area contributed by atoms with Crippen molar-refractivity contribution in [2.45, 2.75) is 12.5 Å². The molecule has 0 aromatic carbocycles. The van der Waals surface area contributed by atoms with Gasteiger partial charge >= 0.3 is 5.97 Å². The molecule has 0 aromatic heterocycles. The lowest BCUT2D eigenvalue weighted by molar-refractivity contribution is -0.140. The van der Waals surface area contributed by atoms with Crippen LogP contribution in [0.5, 0.6) is 0 Å². The second-order valence-corrected chi connectivity index (χ2v) is 2.38. The van der Waals surface area contributed by atoms with E-state index in [0.29, 0.717) is 0 Å². The van der Waals surface area contributed by atoms with Crippen LogP contribution in [0.4, 0.5) is 0 Å². The number of hydrogen-bond donors (Lipinski definition) is 2. The van der Waals surface area contributed by atoms with Gasteiger partial charge in [0.2, 0.25) is 0 Å². The number of carbonyl (C=O) groups excluding carboxylic acids is 1. The molecule has 58 valence electrons. The summed E-state index contributed by atoms with van der Waals surface area (Å²) in [5.74, 6) is -1.34. The maximum Gasteiger partial charge on any atom is 0.320 e. The molecule has 1 unspecified atom stereocenters. The first-order valence-electron chi connectivity index (χ1n) is 2.64. The second kappa shape index (κ2) is 4.40. The molecule has 0 fully saturated rings. The van der Waals surface area contributed by atoms with Crippen LogP contribution in [-0.4, -0.2) is 28.2 Å². The monoisotopic (exact) mass is 209 g/mol. The summed E-state index contributed by atoms with van der Waals surface area (Å²) >= 11 is 2.89. The Morgan fingerprint density at radius 3 is 2.40 bits per heavy atom. The van der Waals surface area contributed by atoms with Crippen molar-refractivity contribution in [1.82, 2.24) is 0 Å². The van der Waals surface area contributed by atoms with Crippen molar-refractivity contribution in [1.29, 1.82) is 0 Å². The standard InChI is InChI=1S/C5H8BrNO3/c6-2-3(8)1-4(7)5(9)10/h4H,1-2,7H2,(H,9,10). The number of halogens is 1. The van der Waals surface area contributed by atoms with Gasteiger partial charge < -0.3 is 10.8 Å². The molecule has 3 N–H and O–H groups in total. The van der Waals surface area contributed by atoms with Gasteiger partial charge in [0.15, 0.2) is 0 Å². The number of aliphatic carboxylic acids is 1. The van der Waals surface area contributed by atoms with Crippen molar-refractivity contribution in [3.63, 3.8) is 0 Å². The number of hydrogen-bond acceptors (Lipinski definition) is 3. The highest BCUT2D eigenvalue weighted by molar-refractivity contribution is 9.09. The molecule has 0 radical (unpaired) electrons. The van der Waals surface area contributed by atoms with Crippen LogP contribution in [0.1, 0.15) is 6.42 Å². The molecule has 0 saturated carbocycles. The quantitative estimate of drug-likeness (QED) is 0.627. The van der Waals surface area contributed by atoms with E-state index in [1.807, 2.05) is 0 Å². The Kier molecular flexibility index (Phi) is 4.22. The fourth-order valence-electron chi connectivity index (χ4n) is 0.387. The van der Waals surface area contributed by atoms with Crippen LogP contribution >= 0.6 is 15.9 Å². The van der Waals surface area contributed by atoms with E-state index in [1.54, 1.807) is 0 Å². The number of Topliss-reactive ketones (excluding diaryl/α,β-unsaturated/α-hetero) is 1. The Hall–Kier alpha value is -0.420. The van der Waals surface area contributed by atoms with Gasteiger partial charge in [-0.05, 0) is 0 Å². The topological polar surface area (TPSA) is 80.4 Å². The van der Waals surface area contributed by atoms with Crippen LogP contribution in [-0.2, 0) is 9.59 Å². The van der Waals surface area contributed by atoms with Crippen LogP contribution in [0.3, 0.4) is 0 Å². The van der Waals surface area contributed by atoms with Crippen molar-refractivity contribution < 1.29 is 14.7 Å². The maximum absolute atomic E-state index is 10.5. The number of alkyl halides is 1. The summed E-state index contributed by atoms with van der Waals surface area (Å²) in [4.78, 5) is 20.6. The van der Waals surface area contributed by atoms with Crippen LogP contribution in [0.25, 0.3) is 0 Å². The Labute approximate surface area is 66.5 Å². The molecule has 0 heterocycles. The van der Waals surface area contributed by atoms with Crippen LogP contribution in [0, 0.1) is 0 Å². The first-order chi connectivity index (χ1) is 4.57. The molecule has 1 atom stereocenters. The Bertz CT molecular complexity index is 148. The largest absolute Gasteiger partial charge is 0.480 e. The van der Waals surface area contributed by atoms with E-state index in [4.69, 9.17) is 10.8 Å². The predicted molar refractivity (Wildman–Crippen MR) is 39.0 cm³/mol.